The van der Waals surface area contributed by atoms with Gasteiger partial charge in [0, 0.05) is 36.7 Å². The highest BCUT2D eigenvalue weighted by Gasteiger charge is 2.37. The molecule has 0 aliphatic carbocycles. The number of nitrogens with one attached hydrogen (secondary N) is 1. The van der Waals surface area contributed by atoms with Crippen molar-refractivity contribution in [1.29, 1.82) is 5.26 Å². The number of rotatable bonds is 3. The molecule has 1 saturated heterocycles. The van der Waals surface area contributed by atoms with Crippen LogP contribution >= 0.6 is 0 Å². The Balaban J connectivity index is 1.62. The predicted molar refractivity (Wildman–Crippen MR) is 111 cm³/mol. The number of anilines is 1. The summed E-state index contributed by atoms with van der Waals surface area (Å²) in [6, 6.07) is 14.1. The van der Waals surface area contributed by atoms with Gasteiger partial charge in [0.25, 0.3) is 0 Å². The van der Waals surface area contributed by atoms with Crippen LogP contribution in [0.5, 0.6) is 0 Å². The van der Waals surface area contributed by atoms with Gasteiger partial charge in [-0.1, -0.05) is 30.3 Å². The summed E-state index contributed by atoms with van der Waals surface area (Å²) >= 11 is 0. The number of nitrogens with zero attached hydrogens (tertiary/aromatic N) is 4. The molecule has 2 aliphatic rings. The lowest BCUT2D eigenvalue weighted by Crippen LogP contribution is -2.43. The first-order valence-electron chi connectivity index (χ1n) is 9.96. The Bertz CT molecular complexity index is 1080. The van der Waals surface area contributed by atoms with Gasteiger partial charge in [0.1, 0.15) is 11.9 Å². The van der Waals surface area contributed by atoms with Crippen LogP contribution in [-0.2, 0) is 11.2 Å². The third kappa shape index (κ3) is 2.95. The van der Waals surface area contributed by atoms with Gasteiger partial charge in [-0.15, -0.1) is 0 Å². The van der Waals surface area contributed by atoms with Gasteiger partial charge in [-0.25, -0.2) is 4.98 Å². The average molecular weight is 383 g/mol. The molecule has 2 aliphatic heterocycles. The first-order chi connectivity index (χ1) is 14.3. The number of hydrogen-bond acceptors (Lipinski definition) is 4. The molecule has 1 N–H and O–H groups in total. The Morgan fingerprint density at radius 1 is 1.17 bits per heavy atom. The number of carbonyl (C=O) groups is 1. The number of carbonyl (C=O) groups excluding carboxylic acids is 1. The quantitative estimate of drug-likeness (QED) is 0.702. The number of imidazole rings is 1. The highest BCUT2D eigenvalue weighted by atomic mass is 16.2. The van der Waals surface area contributed by atoms with Gasteiger partial charge in [0.05, 0.1) is 0 Å². The summed E-state index contributed by atoms with van der Waals surface area (Å²) < 4.78 is 0. The molecule has 3 aromatic rings. The van der Waals surface area contributed by atoms with E-state index in [2.05, 4.69) is 40.4 Å². The van der Waals surface area contributed by atoms with Gasteiger partial charge in [-0.05, 0) is 48.1 Å². The van der Waals surface area contributed by atoms with Crippen LogP contribution in [0.15, 0.2) is 54.9 Å². The molecule has 29 heavy (non-hydrogen) atoms. The van der Waals surface area contributed by atoms with Gasteiger partial charge >= 0.3 is 0 Å². The fourth-order valence-corrected chi connectivity index (χ4v) is 4.49. The maximum absolute atomic E-state index is 13.3. The number of hydrogen-bond donors (Lipinski definition) is 1. The smallest absolute Gasteiger partial charge is 0.250 e. The highest BCUT2D eigenvalue weighted by Crippen LogP contribution is 2.40. The fraction of sp³-hybridized carbons (Fsp3) is 0.261. The molecule has 0 radical (unpaired) electrons. The number of likely N-dealkylation sites (tertiary alicyclic amines) is 1. The summed E-state index contributed by atoms with van der Waals surface area (Å²) in [7, 11) is 0. The maximum atomic E-state index is 13.3. The van der Waals surface area contributed by atoms with E-state index in [-0.39, 0.29) is 11.9 Å². The lowest BCUT2D eigenvalue weighted by molar-refractivity contribution is -0.121. The van der Waals surface area contributed by atoms with E-state index in [4.69, 9.17) is 0 Å². The predicted octanol–water partition coefficient (Wildman–Crippen LogP) is 3.58. The van der Waals surface area contributed by atoms with Crippen LogP contribution in [0.2, 0.25) is 0 Å². The molecule has 1 atom stereocenters. The number of aromatic nitrogens is 2. The van der Waals surface area contributed by atoms with Crippen molar-refractivity contribution in [3.63, 3.8) is 0 Å². The number of nitriles is 1. The van der Waals surface area contributed by atoms with Crippen LogP contribution in [0.4, 0.5) is 5.69 Å². The van der Waals surface area contributed by atoms with Crippen molar-refractivity contribution in [3.05, 3.63) is 60.4 Å². The number of H-pyrrole nitrogens is 1. The lowest BCUT2D eigenvalue weighted by Gasteiger charge is -2.25. The maximum Gasteiger partial charge on any atom is 0.250 e. The van der Waals surface area contributed by atoms with Crippen LogP contribution in [0.1, 0.15) is 18.4 Å². The largest absolute Gasteiger partial charge is 0.345 e. The van der Waals surface area contributed by atoms with Crippen LogP contribution in [0.25, 0.3) is 22.5 Å². The molecule has 1 unspecified atom stereocenters. The van der Waals surface area contributed by atoms with E-state index in [0.29, 0.717) is 13.1 Å². The van der Waals surface area contributed by atoms with E-state index in [0.717, 1.165) is 47.5 Å². The number of benzene rings is 2. The van der Waals surface area contributed by atoms with Crippen molar-refractivity contribution in [2.45, 2.75) is 25.3 Å². The Labute approximate surface area is 169 Å². The SMILES string of the molecule is N#CN1CCCC1C(=O)N1CCc2c(-c3ccccc3)cc(-c3ncc[nH]3)cc21. The minimum absolute atomic E-state index is 0.0263. The summed E-state index contributed by atoms with van der Waals surface area (Å²) in [5, 5.41) is 9.38. The zero-order valence-electron chi connectivity index (χ0n) is 16.0. The van der Waals surface area contributed by atoms with Gasteiger partial charge in [0.2, 0.25) is 5.91 Å². The second-order valence-electron chi connectivity index (χ2n) is 7.52. The van der Waals surface area contributed by atoms with Crippen molar-refractivity contribution in [2.75, 3.05) is 18.0 Å². The summed E-state index contributed by atoms with van der Waals surface area (Å²) in [6.07, 6.45) is 8.15. The first-order valence-corrected chi connectivity index (χ1v) is 9.96. The molecule has 0 saturated carbocycles. The van der Waals surface area contributed by atoms with Crippen LogP contribution in [-0.4, -0.2) is 39.9 Å². The lowest BCUT2D eigenvalue weighted by atomic mass is 9.95. The topological polar surface area (TPSA) is 76.0 Å². The van der Waals surface area contributed by atoms with Crippen molar-refractivity contribution in [2.24, 2.45) is 0 Å². The summed E-state index contributed by atoms with van der Waals surface area (Å²) in [5.74, 6) is 0.808. The average Bonchev–Trinajstić information content (AvgIpc) is 3.53. The van der Waals surface area contributed by atoms with Crippen LogP contribution in [0, 0.1) is 11.5 Å². The van der Waals surface area contributed by atoms with E-state index in [1.54, 1.807) is 17.3 Å². The molecule has 0 spiro atoms. The van der Waals surface area contributed by atoms with E-state index in [9.17, 15) is 10.1 Å². The molecule has 6 nitrogen and oxygen atoms in total. The Hall–Kier alpha value is -3.59. The molecule has 144 valence electrons. The third-order valence-corrected chi connectivity index (χ3v) is 5.89. The van der Waals surface area contributed by atoms with Crippen LogP contribution in [0.3, 0.4) is 0 Å². The molecule has 3 heterocycles. The number of aromatic amines is 1. The van der Waals surface area contributed by atoms with Crippen molar-refractivity contribution >= 4 is 11.6 Å². The minimum Gasteiger partial charge on any atom is -0.345 e. The molecular weight excluding hydrogens is 362 g/mol. The highest BCUT2D eigenvalue weighted by molar-refractivity contribution is 6.01. The minimum atomic E-state index is -0.349. The molecule has 1 amide bonds. The standard InChI is InChI=1S/C23H21N5O/c24-15-27-11-4-7-20(27)23(29)28-12-8-18-19(16-5-2-1-3-6-16)13-17(14-21(18)28)22-25-9-10-26-22/h1-3,5-6,9-10,13-14,20H,4,7-8,11-12H2,(H,25,26). The van der Waals surface area contributed by atoms with Gasteiger partial charge < -0.3 is 9.88 Å². The van der Waals surface area contributed by atoms with Crippen molar-refractivity contribution < 1.29 is 4.79 Å². The normalized spacial score (nSPS) is 18.0. The van der Waals surface area contributed by atoms with Gasteiger partial charge in [0.15, 0.2) is 6.19 Å². The first kappa shape index (κ1) is 17.5. The molecule has 6 heteroatoms. The zero-order chi connectivity index (χ0) is 19.8. The van der Waals surface area contributed by atoms with E-state index >= 15 is 0 Å². The molecular formula is C23H21N5O. The van der Waals surface area contributed by atoms with Gasteiger partial charge in [-0.3, -0.25) is 9.69 Å². The number of fused-ring (bicyclic) bond motifs is 1. The molecule has 0 bridgehead atoms. The molecule has 2 aromatic carbocycles. The number of amides is 1. The summed E-state index contributed by atoms with van der Waals surface area (Å²) in [4.78, 5) is 24.4. The molecule has 1 fully saturated rings. The van der Waals surface area contributed by atoms with Crippen molar-refractivity contribution in [1.82, 2.24) is 14.9 Å². The Morgan fingerprint density at radius 2 is 2.03 bits per heavy atom. The van der Waals surface area contributed by atoms with Crippen molar-refractivity contribution in [3.8, 4) is 28.7 Å². The Morgan fingerprint density at radius 3 is 2.79 bits per heavy atom. The monoisotopic (exact) mass is 383 g/mol. The van der Waals surface area contributed by atoms with Crippen LogP contribution < -0.4 is 4.90 Å². The molecule has 5 rings (SSSR count). The summed E-state index contributed by atoms with van der Waals surface area (Å²) in [5.41, 5.74) is 5.34. The third-order valence-electron chi connectivity index (χ3n) is 5.89. The second kappa shape index (κ2) is 7.10. The second-order valence-corrected chi connectivity index (χ2v) is 7.52. The molecule has 1 aromatic heterocycles. The van der Waals surface area contributed by atoms with E-state index < -0.39 is 0 Å². The van der Waals surface area contributed by atoms with E-state index in [1.807, 2.05) is 23.1 Å². The van der Waals surface area contributed by atoms with Gasteiger partial charge in [-0.2, -0.15) is 5.26 Å². The Kier molecular flexibility index (Phi) is 4.28. The van der Waals surface area contributed by atoms with E-state index in [1.165, 1.54) is 5.56 Å². The zero-order valence-corrected chi connectivity index (χ0v) is 16.0. The summed E-state index contributed by atoms with van der Waals surface area (Å²) in [6.45, 7) is 1.31. The fourth-order valence-electron chi connectivity index (χ4n) is 4.49.